The van der Waals surface area contributed by atoms with Crippen LogP contribution in [-0.2, 0) is 27.4 Å². The maximum Gasteiger partial charge on any atom is 0.414 e. The van der Waals surface area contributed by atoms with Gasteiger partial charge in [-0.15, -0.1) is 0 Å². The molecule has 9 nitrogen and oxygen atoms in total. The number of halogens is 3. The highest BCUT2D eigenvalue weighted by molar-refractivity contribution is 5.91. The van der Waals surface area contributed by atoms with Gasteiger partial charge < -0.3 is 14.7 Å². The van der Waals surface area contributed by atoms with Crippen LogP contribution in [0.25, 0.3) is 0 Å². The Morgan fingerprint density at radius 3 is 2.60 bits per heavy atom. The molecule has 2 bridgehead atoms. The zero-order valence-electron chi connectivity index (χ0n) is 12.6. The molecule has 5 rings (SSSR count). The van der Waals surface area contributed by atoms with Gasteiger partial charge >= 0.3 is 17.8 Å². The minimum atomic E-state index is -4.57. The number of hydrogen-bond donors (Lipinski definition) is 2. The van der Waals surface area contributed by atoms with Gasteiger partial charge in [0.2, 0.25) is 0 Å². The van der Waals surface area contributed by atoms with Crippen LogP contribution in [0, 0.1) is 5.92 Å². The number of amides is 1. The number of aromatic amines is 1. The number of aliphatic carboxylic acids is 1. The Hall–Kier alpha value is -2.37. The van der Waals surface area contributed by atoms with E-state index < -0.39 is 47.4 Å². The maximum atomic E-state index is 12.9. The smallest absolute Gasteiger partial charge is 0.414 e. The number of carboxylic acid groups (broad SMARTS) is 1. The van der Waals surface area contributed by atoms with Crippen LogP contribution in [0.15, 0.2) is 4.79 Å². The summed E-state index contributed by atoms with van der Waals surface area (Å²) in [6.45, 7) is -0.616. The molecule has 1 saturated carbocycles. The Balaban J connectivity index is 1.62. The summed E-state index contributed by atoms with van der Waals surface area (Å²) in [6, 6.07) is -1.38. The third kappa shape index (κ3) is 2.19. The molecule has 0 aromatic carbocycles. The van der Waals surface area contributed by atoms with Gasteiger partial charge in [-0.1, -0.05) is 0 Å². The molecule has 12 heteroatoms. The molecule has 1 aromatic rings. The lowest BCUT2D eigenvalue weighted by atomic mass is 9.71. The van der Waals surface area contributed by atoms with E-state index in [9.17, 15) is 32.7 Å². The van der Waals surface area contributed by atoms with E-state index in [0.29, 0.717) is 0 Å². The predicted molar refractivity (Wildman–Crippen MR) is 71.2 cm³/mol. The van der Waals surface area contributed by atoms with E-state index in [1.807, 2.05) is 0 Å². The molecule has 4 aliphatic rings. The molecule has 3 fully saturated rings. The third-order valence-electron chi connectivity index (χ3n) is 5.10. The third-order valence-corrected chi connectivity index (χ3v) is 5.10. The van der Waals surface area contributed by atoms with Crippen LogP contribution in [0.2, 0.25) is 0 Å². The monoisotopic (exact) mass is 362 g/mol. The number of rotatable bonds is 2. The number of carbonyl (C=O) groups is 2. The van der Waals surface area contributed by atoms with Crippen molar-refractivity contribution in [3.63, 3.8) is 0 Å². The minimum Gasteiger partial charge on any atom is -0.480 e. The molecule has 4 heterocycles. The summed E-state index contributed by atoms with van der Waals surface area (Å²) in [5.41, 5.74) is -2.25. The highest BCUT2D eigenvalue weighted by atomic mass is 19.4. The Labute approximate surface area is 137 Å². The first kappa shape index (κ1) is 16.1. The van der Waals surface area contributed by atoms with Crippen molar-refractivity contribution < 1.29 is 32.6 Å². The number of nitrogens with one attached hydrogen (secondary N) is 1. The molecule has 2 saturated heterocycles. The van der Waals surface area contributed by atoms with Crippen LogP contribution in [0.3, 0.4) is 0 Å². The summed E-state index contributed by atoms with van der Waals surface area (Å²) < 4.78 is 44.9. The fourth-order valence-corrected chi connectivity index (χ4v) is 3.88. The highest BCUT2D eigenvalue weighted by Gasteiger charge is 2.69. The first-order chi connectivity index (χ1) is 11.6. The lowest BCUT2D eigenvalue weighted by molar-refractivity contribution is -0.218. The average molecular weight is 362 g/mol. The van der Waals surface area contributed by atoms with E-state index >= 15 is 0 Å². The summed E-state index contributed by atoms with van der Waals surface area (Å²) in [4.78, 5) is 36.8. The number of H-pyrrole nitrogens is 1. The van der Waals surface area contributed by atoms with Crippen molar-refractivity contribution >= 4 is 11.9 Å². The van der Waals surface area contributed by atoms with Crippen LogP contribution in [0.5, 0.6) is 0 Å². The Bertz CT molecular complexity index is 809. The van der Waals surface area contributed by atoms with Crippen molar-refractivity contribution in [1.82, 2.24) is 19.7 Å². The summed E-state index contributed by atoms with van der Waals surface area (Å²) in [6.07, 6.45) is -6.76. The van der Waals surface area contributed by atoms with Crippen molar-refractivity contribution in [3.05, 3.63) is 16.3 Å². The second kappa shape index (κ2) is 4.84. The van der Waals surface area contributed by atoms with Crippen LogP contribution in [0.1, 0.15) is 18.7 Å². The van der Waals surface area contributed by atoms with Gasteiger partial charge in [-0.2, -0.15) is 18.3 Å². The molecular formula is C13H13F3N4O5. The fourth-order valence-electron chi connectivity index (χ4n) is 3.88. The van der Waals surface area contributed by atoms with Gasteiger partial charge in [-0.3, -0.25) is 9.36 Å². The first-order valence-corrected chi connectivity index (χ1v) is 7.55. The second-order valence-corrected chi connectivity index (χ2v) is 6.59. The number of carboxylic acids is 1. The molecule has 0 radical (unpaired) electrons. The number of alkyl halides is 3. The Kier molecular flexibility index (Phi) is 3.12. The minimum absolute atomic E-state index is 0.0911. The maximum absolute atomic E-state index is 12.9. The molecular weight excluding hydrogens is 349 g/mol. The van der Waals surface area contributed by atoms with E-state index in [0.717, 1.165) is 9.47 Å². The molecule has 3 aliphatic heterocycles. The van der Waals surface area contributed by atoms with Crippen LogP contribution in [-0.4, -0.2) is 60.6 Å². The zero-order valence-corrected chi connectivity index (χ0v) is 12.6. The van der Waals surface area contributed by atoms with Gasteiger partial charge in [0.1, 0.15) is 11.6 Å². The molecule has 1 aromatic heterocycles. The lowest BCUT2D eigenvalue weighted by Gasteiger charge is -2.41. The number of ether oxygens (including phenoxy) is 1. The Morgan fingerprint density at radius 2 is 2.04 bits per heavy atom. The van der Waals surface area contributed by atoms with E-state index in [2.05, 4.69) is 10.2 Å². The van der Waals surface area contributed by atoms with Gasteiger partial charge in [0.15, 0.2) is 11.9 Å². The summed E-state index contributed by atoms with van der Waals surface area (Å²) >= 11 is 0. The quantitative estimate of drug-likeness (QED) is 0.731. The molecule has 1 aliphatic carbocycles. The molecule has 2 N–H and O–H groups in total. The largest absolute Gasteiger partial charge is 0.480 e. The standard InChI is InChI=1S/C13H13F3N4O5/c14-13(15,16)8-5-1-12(2-5,25-8)10(23)19-4-7-17-18-11(24)20(7)3-6(19)9(21)22/h5-6,8H,1-4H2,(H,18,24)(H,21,22). The van der Waals surface area contributed by atoms with Crippen LogP contribution in [0.4, 0.5) is 13.2 Å². The van der Waals surface area contributed by atoms with Crippen molar-refractivity contribution in [2.75, 3.05) is 0 Å². The molecule has 2 atom stereocenters. The Morgan fingerprint density at radius 1 is 1.36 bits per heavy atom. The average Bonchev–Trinajstić information content (AvgIpc) is 3.16. The first-order valence-electron chi connectivity index (χ1n) is 7.55. The van der Waals surface area contributed by atoms with Gasteiger partial charge in [-0.05, 0) is 12.8 Å². The molecule has 1 amide bonds. The van der Waals surface area contributed by atoms with Crippen molar-refractivity contribution in [2.45, 2.75) is 49.9 Å². The lowest BCUT2D eigenvalue weighted by Crippen LogP contribution is -2.60. The van der Waals surface area contributed by atoms with E-state index in [-0.39, 0.29) is 31.8 Å². The molecule has 25 heavy (non-hydrogen) atoms. The van der Waals surface area contributed by atoms with E-state index in [4.69, 9.17) is 4.74 Å². The topological polar surface area (TPSA) is 118 Å². The summed E-state index contributed by atoms with van der Waals surface area (Å²) in [5, 5.41) is 15.2. The highest BCUT2D eigenvalue weighted by Crippen LogP contribution is 2.57. The SMILES string of the molecule is O=C(O)C1Cn2c(n[nH]c2=O)CN1C(=O)C12CC(C1)C(C(F)(F)F)O2. The van der Waals surface area contributed by atoms with Crippen molar-refractivity contribution in [2.24, 2.45) is 5.92 Å². The van der Waals surface area contributed by atoms with E-state index in [1.165, 1.54) is 0 Å². The number of aromatic nitrogens is 3. The van der Waals surface area contributed by atoms with Gasteiger partial charge in [0.25, 0.3) is 5.91 Å². The summed E-state index contributed by atoms with van der Waals surface area (Å²) in [7, 11) is 0. The number of nitrogens with zero attached hydrogens (tertiary/aromatic N) is 3. The molecule has 2 unspecified atom stereocenters. The summed E-state index contributed by atoms with van der Waals surface area (Å²) in [5.74, 6) is -2.80. The number of hydrogen-bond acceptors (Lipinski definition) is 5. The molecule has 136 valence electrons. The number of carbonyl (C=O) groups excluding carboxylic acids is 1. The van der Waals surface area contributed by atoms with Crippen molar-refractivity contribution in [3.8, 4) is 0 Å². The zero-order chi connectivity index (χ0) is 18.1. The van der Waals surface area contributed by atoms with Gasteiger partial charge in [0.05, 0.1) is 13.1 Å². The second-order valence-electron chi connectivity index (χ2n) is 6.59. The van der Waals surface area contributed by atoms with Gasteiger partial charge in [0, 0.05) is 5.92 Å². The van der Waals surface area contributed by atoms with E-state index in [1.54, 1.807) is 0 Å². The van der Waals surface area contributed by atoms with Gasteiger partial charge in [-0.25, -0.2) is 14.7 Å². The molecule has 0 spiro atoms. The van der Waals surface area contributed by atoms with Crippen LogP contribution < -0.4 is 5.69 Å². The van der Waals surface area contributed by atoms with Crippen LogP contribution >= 0.6 is 0 Å². The fraction of sp³-hybridized carbons (Fsp3) is 0.692. The normalized spacial score (nSPS) is 33.7. The van der Waals surface area contributed by atoms with Crippen molar-refractivity contribution in [1.29, 1.82) is 0 Å². The predicted octanol–water partition coefficient (Wildman–Crippen LogP) is -0.523. The number of fused-ring (bicyclic) bond motifs is 2.